The molecule has 7 heteroatoms. The van der Waals surface area contributed by atoms with Gasteiger partial charge in [-0.05, 0) is 26.2 Å². The van der Waals surface area contributed by atoms with Gasteiger partial charge in [0.25, 0.3) is 0 Å². The molecule has 0 bridgehead atoms. The Kier molecular flexibility index (Phi) is 9.07. The molecule has 116 valence electrons. The summed E-state index contributed by atoms with van der Waals surface area (Å²) in [6, 6.07) is -0.757. The summed E-state index contributed by atoms with van der Waals surface area (Å²) in [6.07, 6.45) is 1.17. The van der Waals surface area contributed by atoms with Crippen molar-refractivity contribution in [2.24, 2.45) is 0 Å². The lowest BCUT2D eigenvalue weighted by Crippen LogP contribution is -2.45. The SMILES string of the molecule is COC/C=C/SC[C@H](NC(=O)OC(C)(C)C)C(=O)OC. The van der Waals surface area contributed by atoms with Crippen LogP contribution in [0.5, 0.6) is 0 Å². The fraction of sp³-hybridized carbons (Fsp3) is 0.692. The van der Waals surface area contributed by atoms with Gasteiger partial charge in [-0.1, -0.05) is 6.08 Å². The molecule has 0 unspecified atom stereocenters. The van der Waals surface area contributed by atoms with Gasteiger partial charge in [0, 0.05) is 12.9 Å². The largest absolute Gasteiger partial charge is 0.467 e. The molecule has 0 fully saturated rings. The Hall–Kier alpha value is -1.21. The highest BCUT2D eigenvalue weighted by Crippen LogP contribution is 2.09. The highest BCUT2D eigenvalue weighted by molar-refractivity contribution is 8.02. The zero-order valence-corrected chi connectivity index (χ0v) is 13.4. The average Bonchev–Trinajstić information content (AvgIpc) is 2.34. The molecular formula is C13H23NO5S. The van der Waals surface area contributed by atoms with Crippen molar-refractivity contribution in [3.63, 3.8) is 0 Å². The summed E-state index contributed by atoms with van der Waals surface area (Å²) in [6.45, 7) is 5.75. The van der Waals surface area contributed by atoms with Gasteiger partial charge < -0.3 is 19.5 Å². The van der Waals surface area contributed by atoms with Gasteiger partial charge in [0.05, 0.1) is 13.7 Å². The van der Waals surface area contributed by atoms with Crippen LogP contribution in [0.1, 0.15) is 20.8 Å². The second-order valence-electron chi connectivity index (χ2n) is 4.88. The third-order valence-electron chi connectivity index (χ3n) is 1.89. The summed E-state index contributed by atoms with van der Waals surface area (Å²) in [5, 5.41) is 4.30. The number of methoxy groups -OCH3 is 2. The molecule has 6 nitrogen and oxygen atoms in total. The highest BCUT2D eigenvalue weighted by atomic mass is 32.2. The van der Waals surface area contributed by atoms with Crippen molar-refractivity contribution >= 4 is 23.8 Å². The third-order valence-corrected chi connectivity index (χ3v) is 2.81. The van der Waals surface area contributed by atoms with Crippen molar-refractivity contribution < 1.29 is 23.8 Å². The molecule has 0 aromatic rings. The standard InChI is InChI=1S/C13H23NO5S/c1-13(2,3)19-12(16)14-10(11(15)18-5)9-20-8-6-7-17-4/h6,8,10H,7,9H2,1-5H3,(H,14,16)/b8-6+/t10-/m0/s1. The molecule has 0 heterocycles. The van der Waals surface area contributed by atoms with Crippen LogP contribution in [0.2, 0.25) is 0 Å². The van der Waals surface area contributed by atoms with E-state index in [2.05, 4.69) is 10.1 Å². The van der Waals surface area contributed by atoms with E-state index in [1.165, 1.54) is 18.9 Å². The molecule has 0 radical (unpaired) electrons. The lowest BCUT2D eigenvalue weighted by Gasteiger charge is -2.22. The Morgan fingerprint density at radius 3 is 2.45 bits per heavy atom. The molecular weight excluding hydrogens is 282 g/mol. The van der Waals surface area contributed by atoms with Crippen LogP contribution >= 0.6 is 11.8 Å². The lowest BCUT2D eigenvalue weighted by atomic mass is 10.2. The topological polar surface area (TPSA) is 73.9 Å². The lowest BCUT2D eigenvalue weighted by molar-refractivity contribution is -0.142. The van der Waals surface area contributed by atoms with E-state index < -0.39 is 23.7 Å². The van der Waals surface area contributed by atoms with Gasteiger partial charge in [-0.3, -0.25) is 0 Å². The molecule has 20 heavy (non-hydrogen) atoms. The molecule has 0 spiro atoms. The van der Waals surface area contributed by atoms with E-state index in [-0.39, 0.29) is 0 Å². The summed E-state index contributed by atoms with van der Waals surface area (Å²) >= 11 is 1.37. The average molecular weight is 305 g/mol. The zero-order valence-electron chi connectivity index (χ0n) is 12.6. The van der Waals surface area contributed by atoms with Crippen LogP contribution in [-0.2, 0) is 19.0 Å². The molecule has 0 aromatic carbocycles. The number of hydrogen-bond donors (Lipinski definition) is 1. The number of amides is 1. The molecule has 0 saturated heterocycles. The van der Waals surface area contributed by atoms with Crippen LogP contribution in [0.4, 0.5) is 4.79 Å². The predicted octanol–water partition coefficient (Wildman–Crippen LogP) is 1.95. The first-order valence-corrected chi connectivity index (χ1v) is 7.18. The first-order valence-electron chi connectivity index (χ1n) is 6.13. The minimum atomic E-state index is -0.757. The van der Waals surface area contributed by atoms with Crippen molar-refractivity contribution in [3.8, 4) is 0 Å². The van der Waals surface area contributed by atoms with Gasteiger partial charge in [0.2, 0.25) is 0 Å². The number of thioether (sulfide) groups is 1. The number of carbonyl (C=O) groups is 2. The van der Waals surface area contributed by atoms with Crippen molar-refractivity contribution in [1.82, 2.24) is 5.32 Å². The van der Waals surface area contributed by atoms with E-state index in [9.17, 15) is 9.59 Å². The highest BCUT2D eigenvalue weighted by Gasteiger charge is 2.24. The minimum Gasteiger partial charge on any atom is -0.467 e. The Labute approximate surface area is 124 Å². The second-order valence-corrected chi connectivity index (χ2v) is 5.82. The quantitative estimate of drug-likeness (QED) is 0.725. The summed E-state index contributed by atoms with van der Waals surface area (Å²) in [5.41, 5.74) is -0.615. The van der Waals surface area contributed by atoms with Crippen LogP contribution in [0.3, 0.4) is 0 Å². The summed E-state index contributed by atoms with van der Waals surface area (Å²) in [5.74, 6) is -0.157. The van der Waals surface area contributed by atoms with Gasteiger partial charge in [-0.2, -0.15) is 0 Å². The Bertz CT molecular complexity index is 338. The molecule has 0 rings (SSSR count). The smallest absolute Gasteiger partial charge is 0.408 e. The zero-order chi connectivity index (χ0) is 15.6. The maximum atomic E-state index is 11.6. The molecule has 0 aromatic heterocycles. The van der Waals surface area contributed by atoms with Gasteiger partial charge in [0.1, 0.15) is 11.6 Å². The second kappa shape index (κ2) is 9.66. The Morgan fingerprint density at radius 2 is 1.95 bits per heavy atom. The maximum absolute atomic E-state index is 11.6. The number of alkyl carbamates (subject to hydrolysis) is 1. The molecule has 1 atom stereocenters. The van der Waals surface area contributed by atoms with Crippen LogP contribution < -0.4 is 5.32 Å². The number of hydrogen-bond acceptors (Lipinski definition) is 6. The van der Waals surface area contributed by atoms with Crippen molar-refractivity contribution in [2.45, 2.75) is 32.4 Å². The van der Waals surface area contributed by atoms with Crippen molar-refractivity contribution in [1.29, 1.82) is 0 Å². The number of rotatable bonds is 7. The normalized spacial score (nSPS) is 13.1. The van der Waals surface area contributed by atoms with Crippen LogP contribution in [0, 0.1) is 0 Å². The first-order chi connectivity index (χ1) is 9.30. The number of ether oxygens (including phenoxy) is 3. The van der Waals surface area contributed by atoms with Crippen molar-refractivity contribution in [3.05, 3.63) is 11.5 Å². The predicted molar refractivity (Wildman–Crippen MR) is 78.6 cm³/mol. The molecule has 0 aliphatic heterocycles. The maximum Gasteiger partial charge on any atom is 0.408 e. The molecule has 0 saturated carbocycles. The Morgan fingerprint density at radius 1 is 1.30 bits per heavy atom. The van der Waals surface area contributed by atoms with Gasteiger partial charge >= 0.3 is 12.1 Å². The van der Waals surface area contributed by atoms with Crippen LogP contribution in [0.15, 0.2) is 11.5 Å². The van der Waals surface area contributed by atoms with E-state index in [0.29, 0.717) is 12.4 Å². The van der Waals surface area contributed by atoms with E-state index in [1.807, 2.05) is 6.08 Å². The molecule has 1 N–H and O–H groups in total. The van der Waals surface area contributed by atoms with E-state index in [4.69, 9.17) is 9.47 Å². The van der Waals surface area contributed by atoms with Crippen LogP contribution in [0.25, 0.3) is 0 Å². The monoisotopic (exact) mass is 305 g/mol. The van der Waals surface area contributed by atoms with Gasteiger partial charge in [-0.25, -0.2) is 9.59 Å². The molecule has 0 aliphatic rings. The summed E-state index contributed by atoms with van der Waals surface area (Å²) in [7, 11) is 2.87. The van der Waals surface area contributed by atoms with Crippen LogP contribution in [-0.4, -0.2) is 50.3 Å². The van der Waals surface area contributed by atoms with Gasteiger partial charge in [-0.15, -0.1) is 11.8 Å². The summed E-state index contributed by atoms with van der Waals surface area (Å²) < 4.78 is 14.6. The van der Waals surface area contributed by atoms with E-state index >= 15 is 0 Å². The summed E-state index contributed by atoms with van der Waals surface area (Å²) in [4.78, 5) is 23.2. The first kappa shape index (κ1) is 18.8. The number of carbonyl (C=O) groups excluding carboxylic acids is 2. The van der Waals surface area contributed by atoms with E-state index in [0.717, 1.165) is 0 Å². The van der Waals surface area contributed by atoms with Gasteiger partial charge in [0.15, 0.2) is 0 Å². The minimum absolute atomic E-state index is 0.353. The Balaban J connectivity index is 4.35. The molecule has 0 aliphatic carbocycles. The fourth-order valence-corrected chi connectivity index (χ4v) is 1.85. The number of esters is 1. The third kappa shape index (κ3) is 9.69. The number of nitrogens with one attached hydrogen (secondary N) is 1. The van der Waals surface area contributed by atoms with E-state index in [1.54, 1.807) is 33.3 Å². The molecule has 1 amide bonds. The van der Waals surface area contributed by atoms with Crippen molar-refractivity contribution in [2.75, 3.05) is 26.6 Å². The fourth-order valence-electron chi connectivity index (χ4n) is 1.12.